The maximum atomic E-state index is 12.8. The predicted octanol–water partition coefficient (Wildman–Crippen LogP) is 5.98. The highest BCUT2D eigenvalue weighted by Gasteiger charge is 2.50. The van der Waals surface area contributed by atoms with E-state index < -0.39 is 84.6 Å². The molecule has 10 N–H and O–H groups in total. The fraction of sp³-hybridized carbons (Fsp3) is 0.636. The molecule has 7 atom stereocenters. The number of anilines is 1. The number of aromatic nitrogens is 4. The number of imidazole rings is 1. The van der Waals surface area contributed by atoms with E-state index in [9.17, 15) is 57.9 Å². The molecular weight excluding hydrogens is 1020 g/mol. The SMILES string of the molecule is CCCCC/C=C/C/C=C/C/C=C/C/C=C/CCCCCCC(=O)SCCNC(=O)CCNC(=O)[C@H](O)C(C)(C)COP(=O)(O)OP(=O)(O)OC[C@H]1O[C@@H](n2cnc3c(N)ncnc32)C(O)[C@H]1OP(=O)(O)O. The summed E-state index contributed by atoms with van der Waals surface area (Å²) in [6.07, 6.45) is 23.8. The van der Waals surface area contributed by atoms with Crippen molar-refractivity contribution in [1.29, 1.82) is 0 Å². The van der Waals surface area contributed by atoms with Gasteiger partial charge < -0.3 is 50.9 Å². The molecule has 1 aliphatic heterocycles. The summed E-state index contributed by atoms with van der Waals surface area (Å²) in [7, 11) is -16.4. The molecule has 24 nitrogen and oxygen atoms in total. The summed E-state index contributed by atoms with van der Waals surface area (Å²) < 4.78 is 62.5. The molecule has 1 saturated heterocycles. The standard InChI is InChI=1S/C44H72N7O17P3S/c1-4-5-6-7-8-9-10-11-12-13-14-15-16-17-18-19-20-21-22-23-24-35(53)72-28-27-46-34(52)25-26-47-42(56)39(55)44(2,3)30-65-71(62,63)68-70(60,61)64-29-33-38(67-69(57,58)59)37(54)43(66-33)51-32-50-36-40(45)48-31-49-41(36)51/h8-9,11-12,14-15,17-18,31-33,37-39,43,54-55H,4-7,10,13,16,19-30H2,1-3H3,(H,46,52)(H,47,56)(H,60,61)(H,62,63)(H2,45,48,49)(H2,57,58,59)/b9-8+,12-11+,15-14+,18-17+/t33-,37?,38+,39+,43-/m1/s1. The zero-order valence-corrected chi connectivity index (χ0v) is 44.4. The van der Waals surface area contributed by atoms with E-state index in [0.717, 1.165) is 80.4 Å². The third-order valence-electron chi connectivity index (χ3n) is 10.7. The van der Waals surface area contributed by atoms with Crippen LogP contribution in [0.25, 0.3) is 11.2 Å². The Balaban J connectivity index is 1.26. The molecule has 3 unspecified atom stereocenters. The first-order valence-electron chi connectivity index (χ1n) is 23.7. The van der Waals surface area contributed by atoms with Gasteiger partial charge in [0.15, 0.2) is 22.8 Å². The Hall–Kier alpha value is -3.48. The number of ether oxygens (including phenoxy) is 1. The maximum Gasteiger partial charge on any atom is 0.481 e. The Morgan fingerprint density at radius 2 is 1.46 bits per heavy atom. The van der Waals surface area contributed by atoms with Crippen LogP contribution in [-0.4, -0.2) is 123 Å². The number of unbranched alkanes of at least 4 members (excludes halogenated alkanes) is 7. The highest BCUT2D eigenvalue weighted by molar-refractivity contribution is 8.13. The molecule has 1 aliphatic rings. The van der Waals surface area contributed by atoms with Crippen molar-refractivity contribution in [3.05, 3.63) is 61.3 Å². The number of fused-ring (bicyclic) bond motifs is 1. The van der Waals surface area contributed by atoms with Crippen molar-refractivity contribution in [3.8, 4) is 0 Å². The van der Waals surface area contributed by atoms with Gasteiger partial charge in [0.2, 0.25) is 11.8 Å². The number of hydrogen-bond acceptors (Lipinski definition) is 18. The van der Waals surface area contributed by atoms with Crippen molar-refractivity contribution in [2.75, 3.05) is 37.8 Å². The van der Waals surface area contributed by atoms with Gasteiger partial charge >= 0.3 is 23.5 Å². The zero-order chi connectivity index (χ0) is 53.2. The lowest BCUT2D eigenvalue weighted by Gasteiger charge is -2.30. The van der Waals surface area contributed by atoms with Crippen molar-refractivity contribution < 1.29 is 80.5 Å². The van der Waals surface area contributed by atoms with Crippen molar-refractivity contribution in [2.45, 2.75) is 141 Å². The number of nitrogens with two attached hydrogens (primary N) is 1. The Labute approximate surface area is 424 Å². The number of aliphatic hydroxyl groups is 2. The number of phosphoric ester groups is 3. The molecule has 1 fully saturated rings. The van der Waals surface area contributed by atoms with Gasteiger partial charge in [0.05, 0.1) is 19.5 Å². The van der Waals surface area contributed by atoms with E-state index in [-0.39, 0.29) is 41.6 Å². The summed E-state index contributed by atoms with van der Waals surface area (Å²) in [4.78, 5) is 88.5. The molecule has 72 heavy (non-hydrogen) atoms. The van der Waals surface area contributed by atoms with E-state index in [0.29, 0.717) is 12.2 Å². The van der Waals surface area contributed by atoms with Crippen LogP contribution >= 0.6 is 35.2 Å². The molecule has 0 radical (unpaired) electrons. The Morgan fingerprint density at radius 1 is 0.847 bits per heavy atom. The van der Waals surface area contributed by atoms with Crippen LogP contribution in [0, 0.1) is 5.41 Å². The van der Waals surface area contributed by atoms with Crippen LogP contribution in [0.15, 0.2) is 61.3 Å². The molecule has 2 aromatic heterocycles. The largest absolute Gasteiger partial charge is 0.481 e. The van der Waals surface area contributed by atoms with Crippen LogP contribution in [0.2, 0.25) is 0 Å². The summed E-state index contributed by atoms with van der Waals surface area (Å²) in [5, 5.41) is 26.7. The number of allylic oxidation sites excluding steroid dienone is 8. The number of carbonyl (C=O) groups excluding carboxylic acids is 3. The summed E-state index contributed by atoms with van der Waals surface area (Å²) >= 11 is 1.14. The van der Waals surface area contributed by atoms with E-state index in [1.807, 2.05) is 0 Å². The minimum Gasteiger partial charge on any atom is -0.386 e. The number of nitrogens with one attached hydrogen (secondary N) is 2. The lowest BCUT2D eigenvalue weighted by Crippen LogP contribution is -2.46. The predicted molar refractivity (Wildman–Crippen MR) is 269 cm³/mol. The van der Waals surface area contributed by atoms with Gasteiger partial charge in [-0.05, 0) is 51.4 Å². The fourth-order valence-electron chi connectivity index (χ4n) is 6.81. The number of rotatable bonds is 36. The Bertz CT molecular complexity index is 2280. The second-order valence-electron chi connectivity index (χ2n) is 17.3. The summed E-state index contributed by atoms with van der Waals surface area (Å²) in [6, 6.07) is 0. The molecule has 406 valence electrons. The third-order valence-corrected chi connectivity index (χ3v) is 14.8. The van der Waals surface area contributed by atoms with Crippen LogP contribution < -0.4 is 16.4 Å². The maximum absolute atomic E-state index is 12.8. The van der Waals surface area contributed by atoms with Gasteiger partial charge in [-0.25, -0.2) is 28.6 Å². The number of thioether (sulfide) groups is 1. The molecule has 3 heterocycles. The highest BCUT2D eigenvalue weighted by atomic mass is 32.2. The molecular formula is C44H72N7O17P3S. The molecule has 0 bridgehead atoms. The lowest BCUT2D eigenvalue weighted by molar-refractivity contribution is -0.137. The van der Waals surface area contributed by atoms with Crippen LogP contribution in [0.3, 0.4) is 0 Å². The van der Waals surface area contributed by atoms with E-state index in [1.165, 1.54) is 39.5 Å². The van der Waals surface area contributed by atoms with Gasteiger partial charge in [0.1, 0.15) is 36.3 Å². The molecule has 2 amide bonds. The van der Waals surface area contributed by atoms with E-state index in [1.54, 1.807) is 0 Å². The fourth-order valence-corrected chi connectivity index (χ4v) is 10.4. The van der Waals surface area contributed by atoms with Crippen molar-refractivity contribution in [3.63, 3.8) is 0 Å². The average Bonchev–Trinajstić information content (AvgIpc) is 3.87. The number of aliphatic hydroxyl groups excluding tert-OH is 2. The van der Waals surface area contributed by atoms with Gasteiger partial charge in [-0.2, -0.15) is 4.31 Å². The zero-order valence-electron chi connectivity index (χ0n) is 40.9. The van der Waals surface area contributed by atoms with Gasteiger partial charge in [0, 0.05) is 37.1 Å². The summed E-state index contributed by atoms with van der Waals surface area (Å²) in [5.74, 6) is -1.06. The third kappa shape index (κ3) is 24.2. The molecule has 0 spiro atoms. The molecule has 3 rings (SSSR count). The van der Waals surface area contributed by atoms with Crippen LogP contribution in [0.5, 0.6) is 0 Å². The van der Waals surface area contributed by atoms with E-state index >= 15 is 0 Å². The second-order valence-corrected chi connectivity index (χ2v) is 22.7. The molecule has 28 heteroatoms. The van der Waals surface area contributed by atoms with Crippen LogP contribution in [0.4, 0.5) is 5.82 Å². The Morgan fingerprint density at radius 3 is 2.10 bits per heavy atom. The summed E-state index contributed by atoms with van der Waals surface area (Å²) in [6.45, 7) is 2.75. The topological polar surface area (TPSA) is 364 Å². The minimum absolute atomic E-state index is 0.0313. The quantitative estimate of drug-likeness (QED) is 0.0215. The normalized spacial score (nSPS) is 20.0. The van der Waals surface area contributed by atoms with Crippen molar-refractivity contribution in [2.24, 2.45) is 5.41 Å². The first-order chi connectivity index (χ1) is 34.1. The highest BCUT2D eigenvalue weighted by Crippen LogP contribution is 2.61. The monoisotopic (exact) mass is 1100 g/mol. The molecule has 0 aromatic carbocycles. The number of carbonyl (C=O) groups is 3. The van der Waals surface area contributed by atoms with Crippen LogP contribution in [0.1, 0.15) is 117 Å². The number of amides is 2. The first kappa shape index (κ1) is 62.8. The smallest absolute Gasteiger partial charge is 0.386 e. The number of nitrogens with zero attached hydrogens (tertiary/aromatic N) is 4. The average molecular weight is 1100 g/mol. The second kappa shape index (κ2) is 32.1. The van der Waals surface area contributed by atoms with E-state index in [2.05, 4.69) is 90.0 Å². The molecule has 2 aromatic rings. The first-order valence-corrected chi connectivity index (χ1v) is 29.2. The summed E-state index contributed by atoms with van der Waals surface area (Å²) in [5.41, 5.74) is 4.28. The van der Waals surface area contributed by atoms with Crippen LogP contribution in [-0.2, 0) is 50.7 Å². The van der Waals surface area contributed by atoms with E-state index in [4.69, 9.17) is 19.5 Å². The lowest BCUT2D eigenvalue weighted by atomic mass is 9.87. The molecule has 0 aliphatic carbocycles. The minimum atomic E-state index is -5.58. The van der Waals surface area contributed by atoms with Gasteiger partial charge in [0.25, 0.3) is 0 Å². The van der Waals surface area contributed by atoms with Crippen molar-refractivity contribution in [1.82, 2.24) is 30.2 Å². The Kier molecular flexibility index (Phi) is 28.0. The van der Waals surface area contributed by atoms with Crippen molar-refractivity contribution >= 4 is 69.1 Å². The number of phosphoric acid groups is 3. The molecule has 0 saturated carbocycles. The van der Waals surface area contributed by atoms with Gasteiger partial charge in [-0.15, -0.1) is 0 Å². The van der Waals surface area contributed by atoms with Gasteiger partial charge in [-0.3, -0.25) is 32.5 Å². The van der Waals surface area contributed by atoms with Gasteiger partial charge in [-0.1, -0.05) is 107 Å². The number of nitrogen functional groups attached to an aromatic ring is 1. The number of hydrogen-bond donors (Lipinski definition) is 9.